The van der Waals surface area contributed by atoms with E-state index in [1.54, 1.807) is 6.20 Å². The summed E-state index contributed by atoms with van der Waals surface area (Å²) in [6, 6.07) is 0.242. The van der Waals surface area contributed by atoms with Gasteiger partial charge in [-0.25, -0.2) is 0 Å². The van der Waals surface area contributed by atoms with E-state index in [0.29, 0.717) is 0 Å². The Kier molecular flexibility index (Phi) is 4.32. The van der Waals surface area contributed by atoms with Gasteiger partial charge in [-0.3, -0.25) is 0 Å². The predicted molar refractivity (Wildman–Crippen MR) is 56.8 cm³/mol. The topological polar surface area (TPSA) is 53.6 Å². The lowest BCUT2D eigenvalue weighted by Gasteiger charge is -2.15. The van der Waals surface area contributed by atoms with E-state index >= 15 is 0 Å². The van der Waals surface area contributed by atoms with Crippen molar-refractivity contribution in [1.29, 1.82) is 0 Å². The van der Waals surface area contributed by atoms with E-state index in [2.05, 4.69) is 34.2 Å². The van der Waals surface area contributed by atoms with Crippen molar-refractivity contribution in [2.24, 2.45) is 0 Å². The lowest BCUT2D eigenvalue weighted by atomic mass is 10.1. The molecular weight excluding hydrogens is 176 g/mol. The predicted octanol–water partition coefficient (Wildman–Crippen LogP) is 1.81. The summed E-state index contributed by atoms with van der Waals surface area (Å²) in [7, 11) is 0. The van der Waals surface area contributed by atoms with Crippen molar-refractivity contribution in [1.82, 2.24) is 20.7 Å². The smallest absolute Gasteiger partial charge is 0.0997 e. The van der Waals surface area contributed by atoms with Crippen molar-refractivity contribution >= 4 is 0 Å². The maximum Gasteiger partial charge on any atom is 0.0997 e. The molecule has 0 aliphatic heterocycles. The van der Waals surface area contributed by atoms with Crippen molar-refractivity contribution in [2.75, 3.05) is 6.54 Å². The molecule has 1 aromatic rings. The molecule has 1 rings (SSSR count). The highest BCUT2D eigenvalue weighted by molar-refractivity contribution is 5.05. The highest BCUT2D eigenvalue weighted by Gasteiger charge is 2.12. The molecule has 14 heavy (non-hydrogen) atoms. The van der Waals surface area contributed by atoms with Crippen molar-refractivity contribution in [2.45, 2.75) is 32.7 Å². The average Bonchev–Trinajstić information content (AvgIpc) is 2.64. The Bertz CT molecular complexity index is 266. The highest BCUT2D eigenvalue weighted by atomic mass is 15.3. The second-order valence-electron chi connectivity index (χ2n) is 3.56. The fraction of sp³-hybridized carbons (Fsp3) is 0.600. The minimum Gasteiger partial charge on any atom is -0.308 e. The molecule has 1 heterocycles. The van der Waals surface area contributed by atoms with Gasteiger partial charge in [0.1, 0.15) is 0 Å². The van der Waals surface area contributed by atoms with Gasteiger partial charge < -0.3 is 5.32 Å². The van der Waals surface area contributed by atoms with Crippen LogP contribution in [-0.2, 0) is 0 Å². The van der Waals surface area contributed by atoms with E-state index in [9.17, 15) is 0 Å². The second kappa shape index (κ2) is 5.54. The van der Waals surface area contributed by atoms with Gasteiger partial charge in [-0.15, -0.1) is 6.58 Å². The lowest BCUT2D eigenvalue weighted by Crippen LogP contribution is -2.22. The van der Waals surface area contributed by atoms with Gasteiger partial charge in [0, 0.05) is 0 Å². The summed E-state index contributed by atoms with van der Waals surface area (Å²) in [4.78, 5) is 0. The molecule has 4 heteroatoms. The van der Waals surface area contributed by atoms with Crippen molar-refractivity contribution in [3.63, 3.8) is 0 Å². The number of H-pyrrole nitrogens is 1. The monoisotopic (exact) mass is 194 g/mol. The fourth-order valence-corrected chi connectivity index (χ4v) is 1.33. The minimum atomic E-state index is 0.242. The van der Waals surface area contributed by atoms with Crippen molar-refractivity contribution < 1.29 is 0 Å². The summed E-state index contributed by atoms with van der Waals surface area (Å²) < 4.78 is 0. The molecule has 1 atom stereocenters. The maximum atomic E-state index is 4.08. The normalized spacial score (nSPS) is 12.7. The number of rotatable bonds is 6. The average molecular weight is 194 g/mol. The number of aromatic amines is 1. The van der Waals surface area contributed by atoms with Gasteiger partial charge in [0.25, 0.3) is 0 Å². The molecule has 0 fully saturated rings. The summed E-state index contributed by atoms with van der Waals surface area (Å²) in [5, 5.41) is 13.9. The Labute approximate surface area is 84.8 Å². The first-order chi connectivity index (χ1) is 6.74. The zero-order chi connectivity index (χ0) is 10.4. The number of hydrogen-bond acceptors (Lipinski definition) is 3. The molecule has 0 aromatic carbocycles. The molecule has 0 spiro atoms. The summed E-state index contributed by atoms with van der Waals surface area (Å²) in [6.07, 6.45) is 3.79. The first-order valence-corrected chi connectivity index (χ1v) is 4.97. The Morgan fingerprint density at radius 1 is 1.71 bits per heavy atom. The minimum absolute atomic E-state index is 0.242. The van der Waals surface area contributed by atoms with Crippen LogP contribution in [0.2, 0.25) is 0 Å². The third-order valence-corrected chi connectivity index (χ3v) is 1.98. The van der Waals surface area contributed by atoms with Gasteiger partial charge in [0.05, 0.1) is 17.9 Å². The Morgan fingerprint density at radius 3 is 3.00 bits per heavy atom. The van der Waals surface area contributed by atoms with E-state index < -0.39 is 0 Å². The Hall–Kier alpha value is -1.16. The van der Waals surface area contributed by atoms with Crippen molar-refractivity contribution in [3.05, 3.63) is 24.0 Å². The number of aromatic nitrogens is 3. The van der Waals surface area contributed by atoms with Crippen LogP contribution in [0.3, 0.4) is 0 Å². The number of nitrogens with one attached hydrogen (secondary N) is 2. The lowest BCUT2D eigenvalue weighted by molar-refractivity contribution is 0.515. The van der Waals surface area contributed by atoms with Crippen LogP contribution in [0.1, 0.15) is 38.4 Å². The summed E-state index contributed by atoms with van der Waals surface area (Å²) in [6.45, 7) is 9.08. The summed E-state index contributed by atoms with van der Waals surface area (Å²) in [5.74, 6) is 0. The van der Waals surface area contributed by atoms with Crippen LogP contribution in [0, 0.1) is 0 Å². The Balaban J connectivity index is 2.57. The van der Waals surface area contributed by atoms with Gasteiger partial charge in [-0.1, -0.05) is 12.5 Å². The van der Waals surface area contributed by atoms with E-state index in [0.717, 1.165) is 30.7 Å². The van der Waals surface area contributed by atoms with E-state index in [4.69, 9.17) is 0 Å². The molecule has 2 N–H and O–H groups in total. The number of hydrogen-bond donors (Lipinski definition) is 2. The molecule has 78 valence electrons. The van der Waals surface area contributed by atoms with Gasteiger partial charge in [0.15, 0.2) is 0 Å². The fourth-order valence-electron chi connectivity index (χ4n) is 1.33. The van der Waals surface area contributed by atoms with E-state index in [1.807, 2.05) is 6.92 Å². The van der Waals surface area contributed by atoms with E-state index in [1.165, 1.54) is 0 Å². The molecule has 4 nitrogen and oxygen atoms in total. The van der Waals surface area contributed by atoms with Crippen LogP contribution in [0.5, 0.6) is 0 Å². The molecular formula is C10H18N4. The molecule has 1 aromatic heterocycles. The SMILES string of the molecule is C=C(C)CC(NCCC)c1cn[nH]n1. The zero-order valence-corrected chi connectivity index (χ0v) is 8.88. The van der Waals surface area contributed by atoms with Gasteiger partial charge in [-0.2, -0.15) is 15.4 Å². The quantitative estimate of drug-likeness (QED) is 0.679. The van der Waals surface area contributed by atoms with E-state index in [-0.39, 0.29) is 6.04 Å². The molecule has 1 unspecified atom stereocenters. The highest BCUT2D eigenvalue weighted by Crippen LogP contribution is 2.16. The summed E-state index contributed by atoms with van der Waals surface area (Å²) in [5.41, 5.74) is 2.11. The van der Waals surface area contributed by atoms with Crippen molar-refractivity contribution in [3.8, 4) is 0 Å². The van der Waals surface area contributed by atoms with Crippen LogP contribution in [0.25, 0.3) is 0 Å². The maximum absolute atomic E-state index is 4.08. The number of nitrogens with zero attached hydrogens (tertiary/aromatic N) is 2. The van der Waals surface area contributed by atoms with Crippen LogP contribution in [0.4, 0.5) is 0 Å². The first kappa shape index (κ1) is 10.9. The van der Waals surface area contributed by atoms with Gasteiger partial charge >= 0.3 is 0 Å². The molecule has 0 aliphatic carbocycles. The van der Waals surface area contributed by atoms with Crippen LogP contribution >= 0.6 is 0 Å². The van der Waals surface area contributed by atoms with Crippen LogP contribution in [0.15, 0.2) is 18.3 Å². The third kappa shape index (κ3) is 3.30. The molecule has 0 radical (unpaired) electrons. The van der Waals surface area contributed by atoms with Gasteiger partial charge in [-0.05, 0) is 26.3 Å². The molecule has 0 amide bonds. The first-order valence-electron chi connectivity index (χ1n) is 4.97. The standard InChI is InChI=1S/C10H18N4/c1-4-5-11-9(6-8(2)3)10-7-12-14-13-10/h7,9,11H,2,4-6H2,1,3H3,(H,12,13,14). The van der Waals surface area contributed by atoms with Gasteiger partial charge in [0.2, 0.25) is 0 Å². The second-order valence-corrected chi connectivity index (χ2v) is 3.56. The zero-order valence-electron chi connectivity index (χ0n) is 8.88. The molecule has 0 saturated carbocycles. The summed E-state index contributed by atoms with van der Waals surface area (Å²) >= 11 is 0. The Morgan fingerprint density at radius 2 is 2.50 bits per heavy atom. The molecule has 0 aliphatic rings. The van der Waals surface area contributed by atoms with Crippen LogP contribution < -0.4 is 5.32 Å². The van der Waals surface area contributed by atoms with Crippen LogP contribution in [-0.4, -0.2) is 22.0 Å². The third-order valence-electron chi connectivity index (χ3n) is 1.98. The molecule has 0 saturated heterocycles. The largest absolute Gasteiger partial charge is 0.308 e. The molecule has 0 bridgehead atoms.